The van der Waals surface area contributed by atoms with Crippen molar-refractivity contribution >= 4 is 16.8 Å². The van der Waals surface area contributed by atoms with E-state index < -0.39 is 5.60 Å². The Morgan fingerprint density at radius 1 is 1.23 bits per heavy atom. The fraction of sp³-hybridized carbons (Fsp3) is 0.176. The smallest absolute Gasteiger partial charge is 0.253 e. The summed E-state index contributed by atoms with van der Waals surface area (Å²) in [4.78, 5) is 12.4. The first-order valence-corrected chi connectivity index (χ1v) is 7.06. The molecule has 3 rings (SSSR count). The largest absolute Gasteiger partial charge is 0.384 e. The molecular weight excluding hydrogens is 278 g/mol. The van der Waals surface area contributed by atoms with Crippen molar-refractivity contribution < 1.29 is 9.90 Å². The van der Waals surface area contributed by atoms with Crippen molar-refractivity contribution in [2.24, 2.45) is 0 Å². The molecule has 0 radical (unpaired) electrons. The Labute approximate surface area is 128 Å². The summed E-state index contributed by atoms with van der Waals surface area (Å²) in [5, 5.41) is 21.0. The predicted molar refractivity (Wildman–Crippen MR) is 84.4 cm³/mol. The number of H-pyrrole nitrogens is 1. The molecular formula is C17H17N3O2. The number of hydrogen-bond acceptors (Lipinski definition) is 3. The molecule has 5 heteroatoms. The first-order valence-electron chi connectivity index (χ1n) is 7.06. The van der Waals surface area contributed by atoms with Gasteiger partial charge in [0, 0.05) is 5.39 Å². The number of aromatic amines is 1. The number of hydrogen-bond donors (Lipinski definition) is 3. The van der Waals surface area contributed by atoms with E-state index >= 15 is 0 Å². The van der Waals surface area contributed by atoms with Crippen molar-refractivity contribution in [3.05, 3.63) is 65.9 Å². The minimum atomic E-state index is -1.13. The summed E-state index contributed by atoms with van der Waals surface area (Å²) in [7, 11) is 0. The van der Waals surface area contributed by atoms with Crippen LogP contribution in [0.5, 0.6) is 0 Å². The molecule has 3 aromatic rings. The highest BCUT2D eigenvalue weighted by molar-refractivity contribution is 6.05. The van der Waals surface area contributed by atoms with Gasteiger partial charge in [-0.3, -0.25) is 9.89 Å². The van der Waals surface area contributed by atoms with Gasteiger partial charge in [-0.1, -0.05) is 42.5 Å². The van der Waals surface area contributed by atoms with E-state index in [9.17, 15) is 9.90 Å². The highest BCUT2D eigenvalue weighted by Crippen LogP contribution is 2.20. The van der Waals surface area contributed by atoms with Gasteiger partial charge < -0.3 is 10.4 Å². The molecule has 1 unspecified atom stereocenters. The molecule has 0 aliphatic heterocycles. The van der Waals surface area contributed by atoms with E-state index in [2.05, 4.69) is 15.5 Å². The number of benzene rings is 2. The van der Waals surface area contributed by atoms with Gasteiger partial charge in [-0.2, -0.15) is 5.10 Å². The average Bonchev–Trinajstić information content (AvgIpc) is 3.02. The molecule has 0 spiro atoms. The monoisotopic (exact) mass is 295 g/mol. The van der Waals surface area contributed by atoms with Crippen LogP contribution in [0.25, 0.3) is 10.9 Å². The Morgan fingerprint density at radius 2 is 2.00 bits per heavy atom. The molecule has 0 aliphatic carbocycles. The number of carbonyl (C=O) groups excluding carboxylic acids is 1. The van der Waals surface area contributed by atoms with Crippen LogP contribution in [0.3, 0.4) is 0 Å². The van der Waals surface area contributed by atoms with Crippen LogP contribution in [-0.4, -0.2) is 27.8 Å². The van der Waals surface area contributed by atoms with Crippen LogP contribution in [0.1, 0.15) is 22.8 Å². The minimum Gasteiger partial charge on any atom is -0.384 e. The quantitative estimate of drug-likeness (QED) is 0.690. The molecule has 1 amide bonds. The maximum atomic E-state index is 12.4. The minimum absolute atomic E-state index is 0.125. The van der Waals surface area contributed by atoms with Crippen LogP contribution < -0.4 is 5.32 Å². The zero-order chi connectivity index (χ0) is 15.6. The van der Waals surface area contributed by atoms with Gasteiger partial charge in [0.25, 0.3) is 5.91 Å². The van der Waals surface area contributed by atoms with Crippen LogP contribution in [0.2, 0.25) is 0 Å². The second-order valence-electron chi connectivity index (χ2n) is 5.46. The number of para-hydroxylation sites is 1. The molecule has 3 N–H and O–H groups in total. The SMILES string of the molecule is CC(O)(CNC(=O)c1cccc2cn[nH]c12)c1ccccc1. The Hall–Kier alpha value is -2.66. The highest BCUT2D eigenvalue weighted by atomic mass is 16.3. The van der Waals surface area contributed by atoms with Crippen LogP contribution in [0.4, 0.5) is 0 Å². The van der Waals surface area contributed by atoms with Crippen molar-refractivity contribution in [3.8, 4) is 0 Å². The fourth-order valence-corrected chi connectivity index (χ4v) is 2.41. The number of carbonyl (C=O) groups is 1. The van der Waals surface area contributed by atoms with E-state index in [-0.39, 0.29) is 12.5 Å². The van der Waals surface area contributed by atoms with E-state index in [1.165, 1.54) is 0 Å². The molecule has 0 saturated carbocycles. The number of fused-ring (bicyclic) bond motifs is 1. The van der Waals surface area contributed by atoms with Crippen LogP contribution in [0.15, 0.2) is 54.7 Å². The molecule has 22 heavy (non-hydrogen) atoms. The first-order chi connectivity index (χ1) is 10.6. The van der Waals surface area contributed by atoms with Crippen LogP contribution >= 0.6 is 0 Å². The zero-order valence-electron chi connectivity index (χ0n) is 12.2. The summed E-state index contributed by atoms with van der Waals surface area (Å²) in [5.74, 6) is -0.244. The Bertz CT molecular complexity index is 794. The predicted octanol–water partition coefficient (Wildman–Crippen LogP) is 2.20. The molecule has 0 bridgehead atoms. The summed E-state index contributed by atoms with van der Waals surface area (Å²) in [5.41, 5.74) is 0.840. The second kappa shape index (κ2) is 5.61. The standard InChI is InChI=1S/C17H17N3O2/c1-17(22,13-7-3-2-4-8-13)11-18-16(21)14-9-5-6-12-10-19-20-15(12)14/h2-10,22H,11H2,1H3,(H,18,21)(H,19,20). The Balaban J connectivity index is 1.76. The third-order valence-corrected chi connectivity index (χ3v) is 3.71. The van der Waals surface area contributed by atoms with E-state index in [4.69, 9.17) is 0 Å². The van der Waals surface area contributed by atoms with Gasteiger partial charge in [0.15, 0.2) is 0 Å². The molecule has 1 aromatic heterocycles. The van der Waals surface area contributed by atoms with E-state index in [1.54, 1.807) is 19.2 Å². The molecule has 0 saturated heterocycles. The number of amides is 1. The maximum Gasteiger partial charge on any atom is 0.253 e. The van der Waals surface area contributed by atoms with Gasteiger partial charge in [-0.05, 0) is 18.6 Å². The molecule has 0 fully saturated rings. The molecule has 112 valence electrons. The highest BCUT2D eigenvalue weighted by Gasteiger charge is 2.24. The van der Waals surface area contributed by atoms with Crippen molar-refractivity contribution in [2.75, 3.05) is 6.54 Å². The molecule has 1 heterocycles. The number of nitrogens with one attached hydrogen (secondary N) is 2. The lowest BCUT2D eigenvalue weighted by Crippen LogP contribution is -2.38. The van der Waals surface area contributed by atoms with Crippen molar-refractivity contribution in [3.63, 3.8) is 0 Å². The molecule has 2 aromatic carbocycles. The van der Waals surface area contributed by atoms with Gasteiger partial charge in [-0.15, -0.1) is 0 Å². The zero-order valence-corrected chi connectivity index (χ0v) is 12.2. The van der Waals surface area contributed by atoms with Crippen LogP contribution in [0, 0.1) is 0 Å². The van der Waals surface area contributed by atoms with Gasteiger partial charge in [0.1, 0.15) is 5.60 Å². The maximum absolute atomic E-state index is 12.4. The Morgan fingerprint density at radius 3 is 2.77 bits per heavy atom. The topological polar surface area (TPSA) is 78.0 Å². The second-order valence-corrected chi connectivity index (χ2v) is 5.46. The third-order valence-electron chi connectivity index (χ3n) is 3.71. The Kier molecular flexibility index (Phi) is 3.65. The van der Waals surface area contributed by atoms with E-state index in [0.29, 0.717) is 11.1 Å². The lowest BCUT2D eigenvalue weighted by molar-refractivity contribution is 0.0527. The number of aliphatic hydroxyl groups is 1. The molecule has 0 aliphatic rings. The van der Waals surface area contributed by atoms with Gasteiger partial charge in [0.2, 0.25) is 0 Å². The summed E-state index contributed by atoms with van der Waals surface area (Å²) in [6.45, 7) is 1.81. The normalized spacial score (nSPS) is 13.7. The van der Waals surface area contributed by atoms with Gasteiger partial charge in [0.05, 0.1) is 23.8 Å². The van der Waals surface area contributed by atoms with Crippen LogP contribution in [-0.2, 0) is 5.60 Å². The summed E-state index contributed by atoms with van der Waals surface area (Å²) >= 11 is 0. The van der Waals surface area contributed by atoms with Crippen molar-refractivity contribution in [1.82, 2.24) is 15.5 Å². The van der Waals surface area contributed by atoms with Crippen molar-refractivity contribution in [2.45, 2.75) is 12.5 Å². The average molecular weight is 295 g/mol. The van der Waals surface area contributed by atoms with Crippen molar-refractivity contribution in [1.29, 1.82) is 0 Å². The summed E-state index contributed by atoms with van der Waals surface area (Å²) < 4.78 is 0. The van der Waals surface area contributed by atoms with E-state index in [0.717, 1.165) is 10.9 Å². The third kappa shape index (κ3) is 2.71. The van der Waals surface area contributed by atoms with Gasteiger partial charge >= 0.3 is 0 Å². The summed E-state index contributed by atoms with van der Waals surface area (Å²) in [6, 6.07) is 14.7. The molecule has 1 atom stereocenters. The first kappa shape index (κ1) is 14.3. The number of rotatable bonds is 4. The van der Waals surface area contributed by atoms with Gasteiger partial charge in [-0.25, -0.2) is 0 Å². The van der Waals surface area contributed by atoms with E-state index in [1.807, 2.05) is 42.5 Å². The fourth-order valence-electron chi connectivity index (χ4n) is 2.41. The lowest BCUT2D eigenvalue weighted by atomic mass is 9.96. The summed E-state index contributed by atoms with van der Waals surface area (Å²) in [6.07, 6.45) is 1.67. The lowest BCUT2D eigenvalue weighted by Gasteiger charge is -2.24. The molecule has 5 nitrogen and oxygen atoms in total. The number of aromatic nitrogens is 2. The number of nitrogens with zero attached hydrogens (tertiary/aromatic N) is 1.